The van der Waals surface area contributed by atoms with Crippen molar-refractivity contribution < 1.29 is 13.5 Å². The first-order valence-corrected chi connectivity index (χ1v) is 8.65. The summed E-state index contributed by atoms with van der Waals surface area (Å²) in [5.41, 5.74) is 0. The summed E-state index contributed by atoms with van der Waals surface area (Å²) in [6.07, 6.45) is 3.49. The van der Waals surface area contributed by atoms with Gasteiger partial charge in [0.05, 0.1) is 6.20 Å². The van der Waals surface area contributed by atoms with E-state index < -0.39 is 10.0 Å². The SMILES string of the molecule is CC1CN(S(=O)(=O)c2cnn(CCCO)c2)CC(C)N1C. The minimum atomic E-state index is -3.49. The van der Waals surface area contributed by atoms with Crippen molar-refractivity contribution in [3.05, 3.63) is 12.4 Å². The Bertz CT molecular complexity index is 560. The lowest BCUT2D eigenvalue weighted by Gasteiger charge is -2.41. The monoisotopic (exact) mass is 316 g/mol. The van der Waals surface area contributed by atoms with Crippen LogP contribution in [0.15, 0.2) is 17.3 Å². The molecular weight excluding hydrogens is 292 g/mol. The molecule has 2 heterocycles. The minimum absolute atomic E-state index is 0.0649. The molecule has 1 aromatic rings. The first kappa shape index (κ1) is 16.4. The van der Waals surface area contributed by atoms with Crippen molar-refractivity contribution in [3.63, 3.8) is 0 Å². The van der Waals surface area contributed by atoms with Gasteiger partial charge in [0.25, 0.3) is 0 Å². The van der Waals surface area contributed by atoms with Crippen LogP contribution in [0.5, 0.6) is 0 Å². The standard InChI is InChI=1S/C13H24N4O3S/c1-11-8-17(9-12(2)15(11)3)21(19,20)13-7-14-16(10-13)5-4-6-18/h7,10-12,18H,4-6,8-9H2,1-3H3. The zero-order valence-electron chi connectivity index (χ0n) is 12.8. The lowest BCUT2D eigenvalue weighted by atomic mass is 10.1. The molecule has 0 spiro atoms. The van der Waals surface area contributed by atoms with E-state index in [4.69, 9.17) is 5.11 Å². The van der Waals surface area contributed by atoms with Crippen LogP contribution in [0.3, 0.4) is 0 Å². The molecule has 1 aliphatic rings. The molecule has 0 saturated carbocycles. The molecule has 120 valence electrons. The average Bonchev–Trinajstić information content (AvgIpc) is 2.91. The fraction of sp³-hybridized carbons (Fsp3) is 0.769. The Labute approximate surface area is 126 Å². The summed E-state index contributed by atoms with van der Waals surface area (Å²) in [4.78, 5) is 2.42. The smallest absolute Gasteiger partial charge is 0.246 e. The number of aliphatic hydroxyl groups excluding tert-OH is 1. The third-order valence-corrected chi connectivity index (χ3v) is 5.90. The lowest BCUT2D eigenvalue weighted by molar-refractivity contribution is 0.105. The molecule has 0 amide bonds. The molecule has 8 heteroatoms. The molecule has 0 aromatic carbocycles. The van der Waals surface area contributed by atoms with Gasteiger partial charge in [0.15, 0.2) is 0 Å². The first-order chi connectivity index (χ1) is 9.86. The number of nitrogens with zero attached hydrogens (tertiary/aromatic N) is 4. The summed E-state index contributed by atoms with van der Waals surface area (Å²) in [7, 11) is -1.47. The van der Waals surface area contributed by atoms with Gasteiger partial charge in [0.1, 0.15) is 4.90 Å². The molecule has 1 aromatic heterocycles. The van der Waals surface area contributed by atoms with E-state index in [1.54, 1.807) is 10.9 Å². The molecule has 0 radical (unpaired) electrons. The Hall–Kier alpha value is -0.960. The normalized spacial score (nSPS) is 25.3. The number of hydrogen-bond donors (Lipinski definition) is 1. The highest BCUT2D eigenvalue weighted by atomic mass is 32.2. The van der Waals surface area contributed by atoms with Gasteiger partial charge >= 0.3 is 0 Å². The van der Waals surface area contributed by atoms with Crippen LogP contribution in [0.2, 0.25) is 0 Å². The molecule has 1 fully saturated rings. The van der Waals surface area contributed by atoms with E-state index in [9.17, 15) is 8.42 Å². The number of likely N-dealkylation sites (N-methyl/N-ethyl adjacent to an activating group) is 1. The van der Waals surface area contributed by atoms with Crippen molar-refractivity contribution in [2.24, 2.45) is 0 Å². The van der Waals surface area contributed by atoms with Crippen molar-refractivity contribution in [2.45, 2.75) is 43.8 Å². The molecule has 0 bridgehead atoms. The van der Waals surface area contributed by atoms with E-state index in [1.807, 2.05) is 20.9 Å². The number of hydrogen-bond acceptors (Lipinski definition) is 5. The minimum Gasteiger partial charge on any atom is -0.396 e. The summed E-state index contributed by atoms with van der Waals surface area (Å²) >= 11 is 0. The van der Waals surface area contributed by atoms with E-state index in [2.05, 4.69) is 10.00 Å². The number of rotatable bonds is 5. The first-order valence-electron chi connectivity index (χ1n) is 7.21. The van der Waals surface area contributed by atoms with Gasteiger partial charge in [-0.05, 0) is 27.3 Å². The van der Waals surface area contributed by atoms with Gasteiger partial charge in [-0.15, -0.1) is 0 Å². The largest absolute Gasteiger partial charge is 0.396 e. The van der Waals surface area contributed by atoms with Crippen LogP contribution in [0.4, 0.5) is 0 Å². The van der Waals surface area contributed by atoms with Crippen molar-refractivity contribution in [3.8, 4) is 0 Å². The Morgan fingerprint density at radius 2 is 1.95 bits per heavy atom. The molecule has 1 aliphatic heterocycles. The topological polar surface area (TPSA) is 78.7 Å². The maximum Gasteiger partial charge on any atom is 0.246 e. The van der Waals surface area contributed by atoms with Crippen LogP contribution in [-0.4, -0.2) is 71.3 Å². The summed E-state index contributed by atoms with van der Waals surface area (Å²) in [5.74, 6) is 0. The Kier molecular flexibility index (Phi) is 5.03. The predicted octanol–water partition coefficient (Wildman–Crippen LogP) is -0.0214. The summed E-state index contributed by atoms with van der Waals surface area (Å²) in [5, 5.41) is 12.9. The molecule has 2 rings (SSSR count). The molecule has 2 atom stereocenters. The van der Waals surface area contributed by atoms with Gasteiger partial charge in [0.2, 0.25) is 10.0 Å². The van der Waals surface area contributed by atoms with Crippen molar-refractivity contribution in [2.75, 3.05) is 26.7 Å². The highest BCUT2D eigenvalue weighted by Gasteiger charge is 2.34. The van der Waals surface area contributed by atoms with E-state index in [-0.39, 0.29) is 23.6 Å². The highest BCUT2D eigenvalue weighted by molar-refractivity contribution is 7.89. The number of piperazine rings is 1. The van der Waals surface area contributed by atoms with Gasteiger partial charge in [-0.3, -0.25) is 9.58 Å². The molecule has 0 aliphatic carbocycles. The quantitative estimate of drug-likeness (QED) is 0.826. The molecule has 1 saturated heterocycles. The molecule has 7 nitrogen and oxygen atoms in total. The summed E-state index contributed by atoms with van der Waals surface area (Å²) in [6.45, 7) is 5.62. The van der Waals surface area contributed by atoms with Crippen molar-refractivity contribution >= 4 is 10.0 Å². The van der Waals surface area contributed by atoms with Crippen LogP contribution < -0.4 is 0 Å². The van der Waals surface area contributed by atoms with Crippen molar-refractivity contribution in [1.29, 1.82) is 0 Å². The maximum atomic E-state index is 12.7. The average molecular weight is 316 g/mol. The Balaban J connectivity index is 2.16. The zero-order valence-corrected chi connectivity index (χ0v) is 13.6. The predicted molar refractivity (Wildman–Crippen MR) is 79.4 cm³/mol. The van der Waals surface area contributed by atoms with Gasteiger partial charge in [-0.1, -0.05) is 0 Å². The maximum absolute atomic E-state index is 12.7. The fourth-order valence-corrected chi connectivity index (χ4v) is 4.09. The second-order valence-electron chi connectivity index (χ2n) is 5.70. The lowest BCUT2D eigenvalue weighted by Crippen LogP contribution is -2.56. The number of aryl methyl sites for hydroxylation is 1. The molecule has 2 unspecified atom stereocenters. The van der Waals surface area contributed by atoms with Crippen LogP contribution >= 0.6 is 0 Å². The third-order valence-electron chi connectivity index (χ3n) is 4.12. The fourth-order valence-electron chi connectivity index (χ4n) is 2.53. The molecule has 21 heavy (non-hydrogen) atoms. The van der Waals surface area contributed by atoms with E-state index in [0.29, 0.717) is 26.1 Å². The molecule has 1 N–H and O–H groups in total. The van der Waals surface area contributed by atoms with E-state index in [0.717, 1.165) is 0 Å². The second kappa shape index (κ2) is 6.43. The summed E-state index contributed by atoms with van der Waals surface area (Å²) < 4.78 is 28.5. The summed E-state index contributed by atoms with van der Waals surface area (Å²) in [6, 6.07) is 0.376. The van der Waals surface area contributed by atoms with Gasteiger partial charge < -0.3 is 5.11 Å². The van der Waals surface area contributed by atoms with Crippen LogP contribution in [-0.2, 0) is 16.6 Å². The highest BCUT2D eigenvalue weighted by Crippen LogP contribution is 2.21. The molecular formula is C13H24N4O3S. The Morgan fingerprint density at radius 1 is 1.33 bits per heavy atom. The zero-order chi connectivity index (χ0) is 15.6. The Morgan fingerprint density at radius 3 is 2.52 bits per heavy atom. The second-order valence-corrected chi connectivity index (χ2v) is 7.64. The van der Waals surface area contributed by atoms with Gasteiger partial charge in [-0.25, -0.2) is 8.42 Å². The third kappa shape index (κ3) is 3.45. The van der Waals surface area contributed by atoms with Gasteiger partial charge in [-0.2, -0.15) is 9.40 Å². The van der Waals surface area contributed by atoms with Crippen LogP contribution in [0, 0.1) is 0 Å². The van der Waals surface area contributed by atoms with E-state index in [1.165, 1.54) is 10.5 Å². The van der Waals surface area contributed by atoms with Gasteiger partial charge in [0, 0.05) is 44.5 Å². The van der Waals surface area contributed by atoms with Crippen molar-refractivity contribution in [1.82, 2.24) is 19.0 Å². The van der Waals surface area contributed by atoms with Crippen LogP contribution in [0.25, 0.3) is 0 Å². The number of aliphatic hydroxyl groups is 1. The number of aromatic nitrogens is 2. The van der Waals surface area contributed by atoms with E-state index >= 15 is 0 Å². The number of sulfonamides is 1. The van der Waals surface area contributed by atoms with Crippen LogP contribution in [0.1, 0.15) is 20.3 Å².